The molecule has 4 rings (SSSR count). The lowest BCUT2D eigenvalue weighted by Gasteiger charge is -2.39. The molecule has 1 aliphatic heterocycles. The van der Waals surface area contributed by atoms with E-state index in [9.17, 15) is 9.18 Å². The summed E-state index contributed by atoms with van der Waals surface area (Å²) < 4.78 is 25.7. The van der Waals surface area contributed by atoms with Crippen molar-refractivity contribution < 1.29 is 18.4 Å². The molecule has 2 aromatic heterocycles. The van der Waals surface area contributed by atoms with Crippen molar-refractivity contribution in [2.24, 2.45) is 7.05 Å². The number of hydrogen-bond donors (Lipinski definition) is 0. The summed E-state index contributed by atoms with van der Waals surface area (Å²) in [5.74, 6) is 0.609. The van der Waals surface area contributed by atoms with Gasteiger partial charge in [0.2, 0.25) is 0 Å². The van der Waals surface area contributed by atoms with Crippen molar-refractivity contribution in [1.82, 2.24) is 24.6 Å². The van der Waals surface area contributed by atoms with Crippen LogP contribution in [-0.4, -0.2) is 57.3 Å². The lowest BCUT2D eigenvalue weighted by molar-refractivity contribution is 0.0607. The fraction of sp³-hybridized carbons (Fsp3) is 0.429. The number of halogens is 1. The Hall–Kier alpha value is -3.07. The Labute approximate surface area is 173 Å². The van der Waals surface area contributed by atoms with Crippen LogP contribution in [0.4, 0.5) is 4.39 Å². The number of rotatable bonds is 6. The first-order chi connectivity index (χ1) is 14.5. The second kappa shape index (κ2) is 8.35. The summed E-state index contributed by atoms with van der Waals surface area (Å²) in [6.07, 6.45) is 5.32. The number of nitrogens with zero attached hydrogens (tertiary/aromatic N) is 5. The van der Waals surface area contributed by atoms with Crippen molar-refractivity contribution >= 4 is 5.91 Å². The Bertz CT molecular complexity index is 1010. The van der Waals surface area contributed by atoms with E-state index in [0.29, 0.717) is 55.5 Å². The van der Waals surface area contributed by atoms with Crippen molar-refractivity contribution in [1.29, 1.82) is 0 Å². The summed E-state index contributed by atoms with van der Waals surface area (Å²) in [4.78, 5) is 23.3. The summed E-state index contributed by atoms with van der Waals surface area (Å²) in [5.41, 5.74) is 0.888. The van der Waals surface area contributed by atoms with Gasteiger partial charge in [-0.15, -0.1) is 0 Å². The molecule has 30 heavy (non-hydrogen) atoms. The van der Waals surface area contributed by atoms with Crippen molar-refractivity contribution in [3.05, 3.63) is 54.1 Å². The fourth-order valence-corrected chi connectivity index (χ4v) is 3.89. The molecule has 3 heterocycles. The molecule has 1 aromatic carbocycles. The second-order valence-corrected chi connectivity index (χ2v) is 7.64. The van der Waals surface area contributed by atoms with Gasteiger partial charge in [0.25, 0.3) is 11.8 Å². The Kier molecular flexibility index (Phi) is 5.63. The number of hydrogen-bond acceptors (Lipinski definition) is 6. The second-order valence-electron chi connectivity index (χ2n) is 7.64. The first kappa shape index (κ1) is 20.2. The molecular weight excluding hydrogens is 389 g/mol. The van der Waals surface area contributed by atoms with E-state index < -0.39 is 0 Å². The van der Waals surface area contributed by atoms with Gasteiger partial charge in [-0.2, -0.15) is 4.98 Å². The zero-order valence-corrected chi connectivity index (χ0v) is 17.0. The van der Waals surface area contributed by atoms with Gasteiger partial charge in [0.15, 0.2) is 5.82 Å². The minimum atomic E-state index is -0.346. The number of ether oxygens (including phenoxy) is 1. The van der Waals surface area contributed by atoms with E-state index in [1.54, 1.807) is 36.3 Å². The van der Waals surface area contributed by atoms with Gasteiger partial charge in [0.1, 0.15) is 11.5 Å². The summed E-state index contributed by atoms with van der Waals surface area (Å²) in [6, 6.07) is 5.96. The van der Waals surface area contributed by atoms with Gasteiger partial charge in [0, 0.05) is 44.8 Å². The Morgan fingerprint density at radius 1 is 1.27 bits per heavy atom. The Morgan fingerprint density at radius 2 is 2.00 bits per heavy atom. The maximum Gasteiger partial charge on any atom is 0.272 e. The number of benzene rings is 1. The maximum atomic E-state index is 13.2. The lowest BCUT2D eigenvalue weighted by Crippen LogP contribution is -2.46. The maximum absolute atomic E-state index is 13.2. The zero-order chi connectivity index (χ0) is 21.1. The molecule has 0 aliphatic carbocycles. The molecule has 0 spiro atoms. The SMILES string of the molecule is COCCC1(c2noc(-c3ccc(F)cc3)n2)CCN(C(=O)c2cncn2C)CC1. The first-order valence-corrected chi connectivity index (χ1v) is 9.87. The molecule has 9 heteroatoms. The third kappa shape index (κ3) is 3.85. The Morgan fingerprint density at radius 3 is 2.63 bits per heavy atom. The van der Waals surface area contributed by atoms with Crippen LogP contribution in [0, 0.1) is 5.82 Å². The predicted molar refractivity (Wildman–Crippen MR) is 106 cm³/mol. The van der Waals surface area contributed by atoms with Crippen molar-refractivity contribution in [3.63, 3.8) is 0 Å². The number of imidazole rings is 1. The van der Waals surface area contributed by atoms with Crippen LogP contribution in [0.25, 0.3) is 11.5 Å². The van der Waals surface area contributed by atoms with E-state index in [1.165, 1.54) is 12.1 Å². The van der Waals surface area contributed by atoms with Crippen LogP contribution >= 0.6 is 0 Å². The van der Waals surface area contributed by atoms with Gasteiger partial charge in [0.05, 0.1) is 12.5 Å². The molecule has 1 aliphatic rings. The van der Waals surface area contributed by atoms with Crippen LogP contribution in [0.15, 0.2) is 41.3 Å². The highest BCUT2D eigenvalue weighted by Gasteiger charge is 2.41. The molecule has 0 radical (unpaired) electrons. The number of likely N-dealkylation sites (tertiary alicyclic amines) is 1. The minimum absolute atomic E-state index is 0.0320. The van der Waals surface area contributed by atoms with Crippen molar-refractivity contribution in [3.8, 4) is 11.5 Å². The van der Waals surface area contributed by atoms with E-state index in [0.717, 1.165) is 6.42 Å². The van der Waals surface area contributed by atoms with E-state index in [2.05, 4.69) is 15.1 Å². The topological polar surface area (TPSA) is 86.3 Å². The molecule has 3 aromatic rings. The molecule has 0 bridgehead atoms. The highest BCUT2D eigenvalue weighted by molar-refractivity contribution is 5.92. The minimum Gasteiger partial charge on any atom is -0.385 e. The Balaban J connectivity index is 1.54. The van der Waals surface area contributed by atoms with E-state index in [-0.39, 0.29) is 17.1 Å². The van der Waals surface area contributed by atoms with Gasteiger partial charge in [-0.3, -0.25) is 4.79 Å². The summed E-state index contributed by atoms with van der Waals surface area (Å²) in [7, 11) is 3.47. The number of amides is 1. The van der Waals surface area contributed by atoms with Crippen LogP contribution in [-0.2, 0) is 17.2 Å². The normalized spacial score (nSPS) is 16.0. The van der Waals surface area contributed by atoms with E-state index in [4.69, 9.17) is 9.26 Å². The number of methoxy groups -OCH3 is 1. The van der Waals surface area contributed by atoms with E-state index in [1.807, 2.05) is 11.9 Å². The zero-order valence-electron chi connectivity index (χ0n) is 17.0. The van der Waals surface area contributed by atoms with Crippen molar-refractivity contribution in [2.45, 2.75) is 24.7 Å². The smallest absolute Gasteiger partial charge is 0.272 e. The molecule has 0 saturated carbocycles. The quantitative estimate of drug-likeness (QED) is 0.618. The monoisotopic (exact) mass is 413 g/mol. The number of carbonyl (C=O) groups is 1. The number of carbonyl (C=O) groups excluding carboxylic acids is 1. The fourth-order valence-electron chi connectivity index (χ4n) is 3.89. The molecule has 0 atom stereocenters. The van der Waals surface area contributed by atoms with Gasteiger partial charge < -0.3 is 18.7 Å². The lowest BCUT2D eigenvalue weighted by atomic mass is 9.75. The van der Waals surface area contributed by atoms with Gasteiger partial charge >= 0.3 is 0 Å². The molecule has 1 saturated heterocycles. The third-order valence-electron chi connectivity index (χ3n) is 5.82. The summed E-state index contributed by atoms with van der Waals surface area (Å²) in [6.45, 7) is 1.71. The van der Waals surface area contributed by atoms with Gasteiger partial charge in [-0.1, -0.05) is 5.16 Å². The molecule has 0 N–H and O–H groups in total. The van der Waals surface area contributed by atoms with Crippen molar-refractivity contribution in [2.75, 3.05) is 26.8 Å². The predicted octanol–water partition coefficient (Wildman–Crippen LogP) is 2.82. The largest absolute Gasteiger partial charge is 0.385 e. The van der Waals surface area contributed by atoms with Crippen LogP contribution in [0.5, 0.6) is 0 Å². The molecule has 1 fully saturated rings. The number of aryl methyl sites for hydroxylation is 1. The van der Waals surface area contributed by atoms with E-state index >= 15 is 0 Å². The number of aromatic nitrogens is 4. The van der Waals surface area contributed by atoms with Gasteiger partial charge in [-0.05, 0) is 43.5 Å². The summed E-state index contributed by atoms with van der Waals surface area (Å²) in [5, 5.41) is 4.24. The molecule has 0 unspecified atom stereocenters. The molecule has 8 nitrogen and oxygen atoms in total. The highest BCUT2D eigenvalue weighted by Crippen LogP contribution is 2.38. The standard InChI is InChI=1S/C21H24FN5O3/c1-26-14-23-13-17(26)19(28)27-10-7-21(8-11-27,9-12-29-2)20-24-18(30-25-20)15-3-5-16(22)6-4-15/h3-6,13-14H,7-12H2,1-2H3. The average Bonchev–Trinajstić information content (AvgIpc) is 3.42. The van der Waals surface area contributed by atoms with Gasteiger partial charge in [-0.25, -0.2) is 9.37 Å². The van der Waals surface area contributed by atoms with Crippen LogP contribution in [0.2, 0.25) is 0 Å². The average molecular weight is 413 g/mol. The van der Waals surface area contributed by atoms with Crippen LogP contribution < -0.4 is 0 Å². The first-order valence-electron chi connectivity index (χ1n) is 9.87. The molecule has 158 valence electrons. The highest BCUT2D eigenvalue weighted by atomic mass is 19.1. The third-order valence-corrected chi connectivity index (χ3v) is 5.82. The number of piperidine rings is 1. The van der Waals surface area contributed by atoms with Crippen LogP contribution in [0.3, 0.4) is 0 Å². The summed E-state index contributed by atoms with van der Waals surface area (Å²) >= 11 is 0. The molecule has 1 amide bonds. The van der Waals surface area contributed by atoms with Crippen LogP contribution in [0.1, 0.15) is 35.6 Å². The molecular formula is C21H24FN5O3.